The molecule has 20 heavy (non-hydrogen) atoms. The Morgan fingerprint density at radius 2 is 2.00 bits per heavy atom. The van der Waals surface area contributed by atoms with Crippen LogP contribution in [-0.4, -0.2) is 15.6 Å². The second-order valence-corrected chi connectivity index (χ2v) is 4.16. The van der Waals surface area contributed by atoms with Crippen LogP contribution in [0.4, 0.5) is 13.2 Å². The largest absolute Gasteiger partial charge is 0.477 e. The number of pyridine rings is 1. The Balaban J connectivity index is 3.01. The number of hydrogen-bond acceptors (Lipinski definition) is 2. The van der Waals surface area contributed by atoms with Gasteiger partial charge in [0, 0.05) is 18.1 Å². The van der Waals surface area contributed by atoms with Crippen LogP contribution < -0.4 is 5.43 Å². The fraction of sp³-hybridized carbons (Fsp3) is 0.231. The Hall–Kier alpha value is -2.31. The number of carbonyl (C=O) groups is 1. The fourth-order valence-corrected chi connectivity index (χ4v) is 2.09. The van der Waals surface area contributed by atoms with E-state index in [0.717, 1.165) is 22.9 Å². The number of alkyl halides is 3. The van der Waals surface area contributed by atoms with Crippen LogP contribution in [0.25, 0.3) is 10.9 Å². The lowest BCUT2D eigenvalue weighted by Crippen LogP contribution is -2.21. The summed E-state index contributed by atoms with van der Waals surface area (Å²) in [6, 6.07) is 3.16. The van der Waals surface area contributed by atoms with Crippen molar-refractivity contribution in [1.29, 1.82) is 0 Å². The summed E-state index contributed by atoms with van der Waals surface area (Å²) in [6.07, 6.45) is -3.67. The third-order valence-electron chi connectivity index (χ3n) is 2.97. The maximum absolute atomic E-state index is 13.0. The minimum atomic E-state index is -4.62. The molecule has 0 saturated heterocycles. The van der Waals surface area contributed by atoms with E-state index in [-0.39, 0.29) is 17.4 Å². The average molecular weight is 285 g/mol. The monoisotopic (exact) mass is 285 g/mol. The topological polar surface area (TPSA) is 59.3 Å². The van der Waals surface area contributed by atoms with Crippen LogP contribution in [0.15, 0.2) is 29.2 Å². The number of hydrogen-bond donors (Lipinski definition) is 1. The number of carboxylic acid groups (broad SMARTS) is 1. The van der Waals surface area contributed by atoms with Gasteiger partial charge in [-0.3, -0.25) is 4.79 Å². The number of aromatic nitrogens is 1. The summed E-state index contributed by atoms with van der Waals surface area (Å²) in [7, 11) is 0. The van der Waals surface area contributed by atoms with Crippen molar-refractivity contribution < 1.29 is 23.1 Å². The molecule has 2 aromatic rings. The number of fused-ring (bicyclic) bond motifs is 1. The SMILES string of the molecule is CCn1cc(C(=O)O)c(=O)c2cccc(C(F)(F)F)c21. The molecule has 0 saturated carbocycles. The molecule has 0 unspecified atom stereocenters. The maximum atomic E-state index is 13.0. The van der Waals surface area contributed by atoms with Gasteiger partial charge in [0.15, 0.2) is 0 Å². The Morgan fingerprint density at radius 3 is 2.50 bits per heavy atom. The number of para-hydroxylation sites is 1. The zero-order chi connectivity index (χ0) is 15.1. The van der Waals surface area contributed by atoms with Gasteiger partial charge in [-0.2, -0.15) is 13.2 Å². The first-order chi connectivity index (χ1) is 9.27. The normalized spacial score (nSPS) is 11.8. The van der Waals surface area contributed by atoms with Crippen LogP contribution in [0.2, 0.25) is 0 Å². The van der Waals surface area contributed by atoms with Gasteiger partial charge in [-0.15, -0.1) is 0 Å². The Morgan fingerprint density at radius 1 is 1.35 bits per heavy atom. The van der Waals surface area contributed by atoms with E-state index in [0.29, 0.717) is 0 Å². The lowest BCUT2D eigenvalue weighted by molar-refractivity contribution is -0.136. The molecule has 1 N–H and O–H groups in total. The highest BCUT2D eigenvalue weighted by molar-refractivity contribution is 5.93. The van der Waals surface area contributed by atoms with E-state index in [2.05, 4.69) is 0 Å². The Bertz CT molecular complexity index is 747. The number of halogens is 3. The van der Waals surface area contributed by atoms with Gasteiger partial charge < -0.3 is 9.67 Å². The Labute approximate surface area is 111 Å². The number of aryl methyl sites for hydroxylation is 1. The van der Waals surface area contributed by atoms with Crippen LogP contribution in [0.3, 0.4) is 0 Å². The first kappa shape index (κ1) is 14.1. The van der Waals surface area contributed by atoms with Gasteiger partial charge in [0.05, 0.1) is 11.1 Å². The molecule has 0 aliphatic carbocycles. The molecule has 0 bridgehead atoms. The van der Waals surface area contributed by atoms with E-state index in [1.54, 1.807) is 6.92 Å². The standard InChI is InChI=1S/C13H10F3NO3/c1-2-17-6-8(12(19)20)11(18)7-4-3-5-9(10(7)17)13(14,15)16/h3-6H,2H2,1H3,(H,19,20). The molecule has 0 radical (unpaired) electrons. The molecular weight excluding hydrogens is 275 g/mol. The zero-order valence-corrected chi connectivity index (χ0v) is 10.4. The summed E-state index contributed by atoms with van der Waals surface area (Å²) in [5.74, 6) is -1.46. The third-order valence-corrected chi connectivity index (χ3v) is 2.97. The average Bonchev–Trinajstić information content (AvgIpc) is 2.37. The van der Waals surface area contributed by atoms with Gasteiger partial charge in [0.2, 0.25) is 5.43 Å². The van der Waals surface area contributed by atoms with Gasteiger partial charge in [0.1, 0.15) is 5.56 Å². The summed E-state index contributed by atoms with van der Waals surface area (Å²) < 4.78 is 40.1. The van der Waals surface area contributed by atoms with Crippen LogP contribution in [0.5, 0.6) is 0 Å². The van der Waals surface area contributed by atoms with Crippen molar-refractivity contribution in [3.63, 3.8) is 0 Å². The smallest absolute Gasteiger partial charge is 0.418 e. The van der Waals surface area contributed by atoms with Crippen molar-refractivity contribution >= 4 is 16.9 Å². The van der Waals surface area contributed by atoms with E-state index in [9.17, 15) is 22.8 Å². The van der Waals surface area contributed by atoms with E-state index in [4.69, 9.17) is 5.11 Å². The number of carboxylic acids is 1. The zero-order valence-electron chi connectivity index (χ0n) is 10.4. The lowest BCUT2D eigenvalue weighted by Gasteiger charge is -2.15. The second-order valence-electron chi connectivity index (χ2n) is 4.16. The molecular formula is C13H10F3NO3. The van der Waals surface area contributed by atoms with Crippen LogP contribution in [-0.2, 0) is 12.7 Å². The van der Waals surface area contributed by atoms with Crippen molar-refractivity contribution in [2.24, 2.45) is 0 Å². The Kier molecular flexibility index (Phi) is 3.29. The van der Waals surface area contributed by atoms with Gasteiger partial charge in [-0.25, -0.2) is 4.79 Å². The van der Waals surface area contributed by atoms with Crippen molar-refractivity contribution in [3.8, 4) is 0 Å². The van der Waals surface area contributed by atoms with Gasteiger partial charge in [0.25, 0.3) is 0 Å². The molecule has 1 aromatic heterocycles. The number of nitrogens with zero attached hydrogens (tertiary/aromatic N) is 1. The highest BCUT2D eigenvalue weighted by Gasteiger charge is 2.34. The van der Waals surface area contributed by atoms with Crippen LogP contribution >= 0.6 is 0 Å². The molecule has 0 fully saturated rings. The quantitative estimate of drug-likeness (QED) is 0.923. The molecule has 106 valence electrons. The first-order valence-corrected chi connectivity index (χ1v) is 5.74. The molecule has 2 rings (SSSR count). The summed E-state index contributed by atoms with van der Waals surface area (Å²) >= 11 is 0. The van der Waals surface area contributed by atoms with Gasteiger partial charge in [-0.05, 0) is 19.1 Å². The molecule has 0 aliphatic rings. The van der Waals surface area contributed by atoms with Crippen molar-refractivity contribution in [1.82, 2.24) is 4.57 Å². The number of rotatable bonds is 2. The van der Waals surface area contributed by atoms with Gasteiger partial charge >= 0.3 is 12.1 Å². The first-order valence-electron chi connectivity index (χ1n) is 5.74. The summed E-state index contributed by atoms with van der Waals surface area (Å²) in [5, 5.41) is 8.69. The molecule has 7 heteroatoms. The highest BCUT2D eigenvalue weighted by atomic mass is 19.4. The minimum Gasteiger partial charge on any atom is -0.477 e. The molecule has 1 aromatic carbocycles. The van der Waals surface area contributed by atoms with Crippen molar-refractivity contribution in [2.75, 3.05) is 0 Å². The van der Waals surface area contributed by atoms with Crippen molar-refractivity contribution in [3.05, 3.63) is 45.7 Å². The van der Waals surface area contributed by atoms with Crippen LogP contribution in [0.1, 0.15) is 22.8 Å². The predicted molar refractivity (Wildman–Crippen MR) is 65.8 cm³/mol. The van der Waals surface area contributed by atoms with E-state index >= 15 is 0 Å². The predicted octanol–water partition coefficient (Wildman–Crippen LogP) is 2.74. The fourth-order valence-electron chi connectivity index (χ4n) is 2.09. The molecule has 0 atom stereocenters. The molecule has 1 heterocycles. The summed E-state index contributed by atoms with van der Waals surface area (Å²) in [5.41, 5.74) is -2.70. The molecule has 0 spiro atoms. The van der Waals surface area contributed by atoms with E-state index in [1.165, 1.54) is 6.07 Å². The summed E-state index contributed by atoms with van der Waals surface area (Å²) in [6.45, 7) is 1.69. The van der Waals surface area contributed by atoms with E-state index < -0.39 is 28.7 Å². The molecule has 4 nitrogen and oxygen atoms in total. The second kappa shape index (κ2) is 4.66. The third kappa shape index (κ3) is 2.15. The van der Waals surface area contributed by atoms with Crippen molar-refractivity contribution in [2.45, 2.75) is 19.6 Å². The van der Waals surface area contributed by atoms with Gasteiger partial charge in [-0.1, -0.05) is 6.07 Å². The highest BCUT2D eigenvalue weighted by Crippen LogP contribution is 2.34. The maximum Gasteiger partial charge on any atom is 0.418 e. The molecule has 0 amide bonds. The molecule has 0 aliphatic heterocycles. The van der Waals surface area contributed by atoms with Crippen LogP contribution in [0, 0.1) is 0 Å². The van der Waals surface area contributed by atoms with E-state index in [1.807, 2.05) is 0 Å². The summed E-state index contributed by atoms with van der Waals surface area (Å²) in [4.78, 5) is 22.9. The number of aromatic carboxylic acids is 1. The lowest BCUT2D eigenvalue weighted by atomic mass is 10.1. The number of benzene rings is 1. The minimum absolute atomic E-state index is 0.115.